The van der Waals surface area contributed by atoms with Crippen molar-refractivity contribution in [3.8, 4) is 11.1 Å². The third kappa shape index (κ3) is 3.15. The molecule has 17 heavy (non-hydrogen) atoms. The molecule has 2 aromatic carbocycles. The molecule has 1 heteroatoms. The highest BCUT2D eigenvalue weighted by Crippen LogP contribution is 2.20. The number of carbonyl (C=O) groups is 1. The molecule has 0 radical (unpaired) electrons. The van der Waals surface area contributed by atoms with E-state index in [1.807, 2.05) is 36.4 Å². The third-order valence-corrected chi connectivity index (χ3v) is 2.50. The van der Waals surface area contributed by atoms with Crippen LogP contribution in [0.2, 0.25) is 0 Å². The zero-order chi connectivity index (χ0) is 12.1. The van der Waals surface area contributed by atoms with E-state index in [-0.39, 0.29) is 5.78 Å². The predicted octanol–water partition coefficient (Wildman–Crippen LogP) is 3.96. The van der Waals surface area contributed by atoms with E-state index in [9.17, 15) is 4.79 Å². The molecule has 0 saturated heterocycles. The smallest absolute Gasteiger partial charge is 0.152 e. The van der Waals surface area contributed by atoms with E-state index in [0.717, 1.165) is 11.1 Å². The van der Waals surface area contributed by atoms with Gasteiger partial charge in [-0.05, 0) is 35.8 Å². The quantitative estimate of drug-likeness (QED) is 0.718. The van der Waals surface area contributed by atoms with E-state index < -0.39 is 0 Å². The summed E-state index contributed by atoms with van der Waals surface area (Å²) in [5.41, 5.74) is 3.39. The van der Waals surface area contributed by atoms with Crippen molar-refractivity contribution < 1.29 is 4.79 Å². The zero-order valence-corrected chi connectivity index (χ0v) is 9.76. The fourth-order valence-corrected chi connectivity index (χ4v) is 1.67. The molecule has 0 aliphatic heterocycles. The van der Waals surface area contributed by atoms with Crippen molar-refractivity contribution in [2.75, 3.05) is 0 Å². The van der Waals surface area contributed by atoms with Gasteiger partial charge < -0.3 is 0 Å². The first kappa shape index (κ1) is 11.3. The summed E-state index contributed by atoms with van der Waals surface area (Å²) in [6.45, 7) is 1.55. The highest BCUT2D eigenvalue weighted by molar-refractivity contribution is 5.91. The Morgan fingerprint density at radius 2 is 1.65 bits per heavy atom. The molecule has 0 aliphatic carbocycles. The number of rotatable bonds is 3. The van der Waals surface area contributed by atoms with Crippen LogP contribution in [0.1, 0.15) is 12.5 Å². The SMILES string of the molecule is CC(=O)/C=C/c1cccc(-c2ccccc2)c1. The van der Waals surface area contributed by atoms with Crippen LogP contribution in [0.5, 0.6) is 0 Å². The minimum Gasteiger partial charge on any atom is -0.295 e. The van der Waals surface area contributed by atoms with E-state index in [1.165, 1.54) is 5.56 Å². The van der Waals surface area contributed by atoms with Crippen molar-refractivity contribution in [3.05, 3.63) is 66.2 Å². The van der Waals surface area contributed by atoms with Crippen LogP contribution in [0.15, 0.2) is 60.7 Å². The summed E-state index contributed by atoms with van der Waals surface area (Å²) in [6, 6.07) is 18.3. The molecule has 0 N–H and O–H groups in total. The molecule has 0 amide bonds. The lowest BCUT2D eigenvalue weighted by molar-refractivity contribution is -0.112. The van der Waals surface area contributed by atoms with E-state index in [1.54, 1.807) is 13.0 Å². The highest BCUT2D eigenvalue weighted by atomic mass is 16.1. The Labute approximate surface area is 101 Å². The van der Waals surface area contributed by atoms with Crippen LogP contribution in [0.3, 0.4) is 0 Å². The van der Waals surface area contributed by atoms with Gasteiger partial charge in [0.25, 0.3) is 0 Å². The van der Waals surface area contributed by atoms with Gasteiger partial charge in [0.05, 0.1) is 0 Å². The van der Waals surface area contributed by atoms with Gasteiger partial charge in [-0.3, -0.25) is 4.79 Å². The number of carbonyl (C=O) groups excluding carboxylic acids is 1. The Morgan fingerprint density at radius 1 is 0.941 bits per heavy atom. The Hall–Kier alpha value is -2.15. The monoisotopic (exact) mass is 222 g/mol. The van der Waals surface area contributed by atoms with Gasteiger partial charge in [-0.15, -0.1) is 0 Å². The first-order valence-corrected chi connectivity index (χ1v) is 5.60. The van der Waals surface area contributed by atoms with Gasteiger partial charge in [-0.2, -0.15) is 0 Å². The fourth-order valence-electron chi connectivity index (χ4n) is 1.67. The molecule has 2 aromatic rings. The van der Waals surface area contributed by atoms with Crippen LogP contribution < -0.4 is 0 Å². The summed E-state index contributed by atoms with van der Waals surface area (Å²) in [6.07, 6.45) is 3.43. The van der Waals surface area contributed by atoms with Gasteiger partial charge in [0.2, 0.25) is 0 Å². The van der Waals surface area contributed by atoms with Gasteiger partial charge in [-0.25, -0.2) is 0 Å². The van der Waals surface area contributed by atoms with E-state index >= 15 is 0 Å². The molecule has 0 saturated carbocycles. The summed E-state index contributed by atoms with van der Waals surface area (Å²) in [7, 11) is 0. The molecule has 2 rings (SSSR count). The van der Waals surface area contributed by atoms with Crippen LogP contribution >= 0.6 is 0 Å². The third-order valence-electron chi connectivity index (χ3n) is 2.50. The average molecular weight is 222 g/mol. The summed E-state index contributed by atoms with van der Waals surface area (Å²) in [4.78, 5) is 10.9. The maximum atomic E-state index is 10.9. The number of allylic oxidation sites excluding steroid dienone is 1. The maximum Gasteiger partial charge on any atom is 0.152 e. The van der Waals surface area contributed by atoms with Crippen LogP contribution in [0.4, 0.5) is 0 Å². The van der Waals surface area contributed by atoms with Gasteiger partial charge >= 0.3 is 0 Å². The van der Waals surface area contributed by atoms with Crippen molar-refractivity contribution in [3.63, 3.8) is 0 Å². The van der Waals surface area contributed by atoms with E-state index in [4.69, 9.17) is 0 Å². The molecule has 0 bridgehead atoms. The molecular weight excluding hydrogens is 208 g/mol. The van der Waals surface area contributed by atoms with Crippen LogP contribution in [-0.2, 0) is 4.79 Å². The molecule has 0 aromatic heterocycles. The minimum absolute atomic E-state index is 0.0649. The molecule has 0 spiro atoms. The van der Waals surface area contributed by atoms with Crippen molar-refractivity contribution in [2.24, 2.45) is 0 Å². The number of hydrogen-bond acceptors (Lipinski definition) is 1. The van der Waals surface area contributed by atoms with Crippen molar-refractivity contribution in [2.45, 2.75) is 6.92 Å². The fraction of sp³-hybridized carbons (Fsp3) is 0.0625. The largest absolute Gasteiger partial charge is 0.295 e. The van der Waals surface area contributed by atoms with E-state index in [2.05, 4.69) is 24.3 Å². The molecule has 1 nitrogen and oxygen atoms in total. The summed E-state index contributed by atoms with van der Waals surface area (Å²) in [5.74, 6) is 0.0649. The van der Waals surface area contributed by atoms with Gasteiger partial charge in [0.1, 0.15) is 0 Å². The van der Waals surface area contributed by atoms with Crippen molar-refractivity contribution in [1.29, 1.82) is 0 Å². The predicted molar refractivity (Wildman–Crippen MR) is 71.6 cm³/mol. The van der Waals surface area contributed by atoms with Gasteiger partial charge in [-0.1, -0.05) is 54.6 Å². The number of benzene rings is 2. The molecule has 0 fully saturated rings. The van der Waals surface area contributed by atoms with Crippen LogP contribution in [0.25, 0.3) is 17.2 Å². The number of ketones is 1. The summed E-state index contributed by atoms with van der Waals surface area (Å²) >= 11 is 0. The lowest BCUT2D eigenvalue weighted by atomic mass is 10.0. The van der Waals surface area contributed by atoms with Gasteiger partial charge in [0.15, 0.2) is 5.78 Å². The van der Waals surface area contributed by atoms with Crippen LogP contribution in [-0.4, -0.2) is 5.78 Å². The summed E-state index contributed by atoms with van der Waals surface area (Å²) in [5, 5.41) is 0. The Morgan fingerprint density at radius 3 is 2.35 bits per heavy atom. The van der Waals surface area contributed by atoms with Crippen molar-refractivity contribution in [1.82, 2.24) is 0 Å². The Balaban J connectivity index is 2.32. The molecule has 84 valence electrons. The second-order valence-electron chi connectivity index (χ2n) is 3.94. The lowest BCUT2D eigenvalue weighted by Crippen LogP contribution is -1.81. The number of hydrogen-bond donors (Lipinski definition) is 0. The molecule has 0 aliphatic rings. The Kier molecular flexibility index (Phi) is 3.51. The molecule has 0 unspecified atom stereocenters. The second-order valence-corrected chi connectivity index (χ2v) is 3.94. The second kappa shape index (κ2) is 5.26. The van der Waals surface area contributed by atoms with Crippen molar-refractivity contribution >= 4 is 11.9 Å². The molecule has 0 heterocycles. The van der Waals surface area contributed by atoms with Gasteiger partial charge in [0, 0.05) is 0 Å². The average Bonchev–Trinajstić information content (AvgIpc) is 2.38. The zero-order valence-electron chi connectivity index (χ0n) is 9.76. The van der Waals surface area contributed by atoms with E-state index in [0.29, 0.717) is 0 Å². The Bertz CT molecular complexity index is 538. The first-order chi connectivity index (χ1) is 8.25. The first-order valence-electron chi connectivity index (χ1n) is 5.60. The molecule has 0 atom stereocenters. The highest BCUT2D eigenvalue weighted by Gasteiger charge is 1.96. The standard InChI is InChI=1S/C16H14O/c1-13(17)10-11-14-6-5-9-16(12-14)15-7-3-2-4-8-15/h2-12H,1H3/b11-10+. The topological polar surface area (TPSA) is 17.1 Å². The molecular formula is C16H14O. The summed E-state index contributed by atoms with van der Waals surface area (Å²) < 4.78 is 0. The maximum absolute atomic E-state index is 10.9. The minimum atomic E-state index is 0.0649. The van der Waals surface area contributed by atoms with Crippen LogP contribution in [0, 0.1) is 0 Å². The lowest BCUT2D eigenvalue weighted by Gasteiger charge is -2.02. The normalized spacial score (nSPS) is 10.6.